The van der Waals surface area contributed by atoms with Crippen molar-refractivity contribution < 1.29 is 14.4 Å². The van der Waals surface area contributed by atoms with Crippen LogP contribution in [0.4, 0.5) is 10.5 Å². The Kier molecular flexibility index (Phi) is 6.32. The molecule has 3 aromatic rings. The first-order chi connectivity index (χ1) is 16.2. The van der Waals surface area contributed by atoms with Crippen LogP contribution in [0.15, 0.2) is 54.7 Å². The van der Waals surface area contributed by atoms with Crippen LogP contribution in [0.1, 0.15) is 37.3 Å². The lowest BCUT2D eigenvalue weighted by atomic mass is 9.90. The third kappa shape index (κ3) is 4.35. The number of para-hydroxylation sites is 1. The van der Waals surface area contributed by atoms with Crippen molar-refractivity contribution in [1.29, 1.82) is 0 Å². The molecule has 2 aromatic carbocycles. The molecule has 1 saturated heterocycles. The van der Waals surface area contributed by atoms with Gasteiger partial charge in [0.2, 0.25) is 5.91 Å². The molecule has 4 amide bonds. The predicted molar refractivity (Wildman–Crippen MR) is 133 cm³/mol. The number of H-pyrrole nitrogens is 1. The second kappa shape index (κ2) is 9.21. The Hall–Kier alpha value is -3.81. The van der Waals surface area contributed by atoms with Crippen LogP contribution in [0.5, 0.6) is 0 Å². The van der Waals surface area contributed by atoms with Gasteiger partial charge in [0, 0.05) is 49.3 Å². The minimum atomic E-state index is -0.960. The van der Waals surface area contributed by atoms with Crippen LogP contribution in [0.2, 0.25) is 0 Å². The number of hydrogen-bond donors (Lipinski definition) is 3. The fourth-order valence-corrected chi connectivity index (χ4v) is 4.34. The molecule has 4 rings (SSSR count). The van der Waals surface area contributed by atoms with E-state index in [1.54, 1.807) is 6.92 Å². The van der Waals surface area contributed by atoms with E-state index in [2.05, 4.69) is 45.9 Å². The lowest BCUT2D eigenvalue weighted by Crippen LogP contribution is -2.45. The summed E-state index contributed by atoms with van der Waals surface area (Å²) in [6.45, 7) is 3.53. The molecule has 1 fully saturated rings. The third-order valence-corrected chi connectivity index (χ3v) is 6.67. The van der Waals surface area contributed by atoms with Gasteiger partial charge in [0.05, 0.1) is 0 Å². The molecule has 0 saturated carbocycles. The number of fused-ring (bicyclic) bond motifs is 1. The molecule has 3 N–H and O–H groups in total. The number of hydrogen-bond acceptors (Lipinski definition) is 4. The Balaban J connectivity index is 1.55. The number of imide groups is 1. The maximum absolute atomic E-state index is 12.8. The fraction of sp³-hybridized carbons (Fsp3) is 0.346. The highest BCUT2D eigenvalue weighted by molar-refractivity contribution is 6.08. The summed E-state index contributed by atoms with van der Waals surface area (Å²) in [6.07, 6.45) is 2.44. The van der Waals surface area contributed by atoms with Crippen LogP contribution >= 0.6 is 0 Å². The molecule has 0 aliphatic carbocycles. The van der Waals surface area contributed by atoms with Crippen molar-refractivity contribution in [2.45, 2.75) is 31.7 Å². The summed E-state index contributed by atoms with van der Waals surface area (Å²) in [6, 6.07) is 15.8. The average Bonchev–Trinajstić information content (AvgIpc) is 3.34. The molecule has 8 heteroatoms. The Bertz CT molecular complexity index is 1220. The van der Waals surface area contributed by atoms with Gasteiger partial charge in [0.1, 0.15) is 12.1 Å². The molecular weight excluding hydrogens is 430 g/mol. The van der Waals surface area contributed by atoms with E-state index in [1.807, 2.05) is 50.3 Å². The first-order valence-electron chi connectivity index (χ1n) is 11.5. The van der Waals surface area contributed by atoms with E-state index in [4.69, 9.17) is 0 Å². The molecule has 0 spiro atoms. The number of nitrogens with zero attached hydrogens (tertiary/aromatic N) is 2. The van der Waals surface area contributed by atoms with Gasteiger partial charge in [-0.1, -0.05) is 37.3 Å². The van der Waals surface area contributed by atoms with Gasteiger partial charge >= 0.3 is 6.03 Å². The van der Waals surface area contributed by atoms with E-state index >= 15 is 0 Å². The molecule has 2 heterocycles. The number of nitrogens with one attached hydrogen (secondary N) is 3. The Labute approximate surface area is 199 Å². The molecule has 1 aliphatic heterocycles. The summed E-state index contributed by atoms with van der Waals surface area (Å²) in [4.78, 5) is 44.1. The van der Waals surface area contributed by atoms with Gasteiger partial charge in [-0.25, -0.2) is 4.79 Å². The van der Waals surface area contributed by atoms with Crippen molar-refractivity contribution in [1.82, 2.24) is 20.5 Å². The molecule has 8 nitrogen and oxygen atoms in total. The number of rotatable bonds is 8. The molecule has 34 heavy (non-hydrogen) atoms. The molecular formula is C26H31N5O3. The van der Waals surface area contributed by atoms with Gasteiger partial charge in [-0.2, -0.15) is 0 Å². The second-order valence-electron chi connectivity index (χ2n) is 9.14. The molecule has 0 unspecified atom stereocenters. The Morgan fingerprint density at radius 3 is 2.47 bits per heavy atom. The fourth-order valence-electron chi connectivity index (χ4n) is 4.34. The topological polar surface area (TPSA) is 97.5 Å². The number of aromatic nitrogens is 1. The SMILES string of the molecule is CC[C@@]1(C)NC(=O)N(CC(=O)NC[C@H](c2ccc(N(C)C)cc2)c2c[nH]c3ccccc23)C1=O. The number of carbonyl (C=O) groups excluding carboxylic acids is 3. The molecule has 1 aromatic heterocycles. The highest BCUT2D eigenvalue weighted by Gasteiger charge is 2.47. The molecule has 0 radical (unpaired) electrons. The minimum absolute atomic E-state index is 0.111. The maximum Gasteiger partial charge on any atom is 0.325 e. The van der Waals surface area contributed by atoms with Gasteiger partial charge in [-0.3, -0.25) is 14.5 Å². The predicted octanol–water partition coefficient (Wildman–Crippen LogP) is 3.20. The average molecular weight is 462 g/mol. The largest absolute Gasteiger partial charge is 0.378 e. The van der Waals surface area contributed by atoms with E-state index < -0.39 is 11.6 Å². The molecule has 1 aliphatic rings. The first-order valence-corrected chi connectivity index (χ1v) is 11.5. The standard InChI is InChI=1S/C26H31N5O3/c1-5-26(2)24(33)31(25(34)29-26)16-23(32)28-14-20(17-10-12-18(13-11-17)30(3)4)21-15-27-22-9-7-6-8-19(21)22/h6-13,15,20,27H,5,14,16H2,1-4H3,(H,28,32)(H,29,34)/t20-,26-/m1/s1. The zero-order chi connectivity index (χ0) is 24.5. The van der Waals surface area contributed by atoms with Gasteiger partial charge < -0.3 is 20.5 Å². The quantitative estimate of drug-likeness (QED) is 0.449. The monoisotopic (exact) mass is 461 g/mol. The van der Waals surface area contributed by atoms with Gasteiger partial charge in [-0.05, 0) is 42.7 Å². The Morgan fingerprint density at radius 1 is 1.12 bits per heavy atom. The number of amides is 4. The van der Waals surface area contributed by atoms with Crippen LogP contribution in [0.3, 0.4) is 0 Å². The lowest BCUT2D eigenvalue weighted by molar-refractivity contribution is -0.134. The number of aromatic amines is 1. The van der Waals surface area contributed by atoms with Crippen molar-refractivity contribution in [3.05, 3.63) is 65.9 Å². The highest BCUT2D eigenvalue weighted by Crippen LogP contribution is 2.31. The molecule has 178 valence electrons. The first kappa shape index (κ1) is 23.4. The maximum atomic E-state index is 12.8. The van der Waals surface area contributed by atoms with Crippen LogP contribution in [-0.2, 0) is 9.59 Å². The van der Waals surface area contributed by atoms with Crippen molar-refractivity contribution in [2.75, 3.05) is 32.1 Å². The van der Waals surface area contributed by atoms with Crippen molar-refractivity contribution in [2.24, 2.45) is 0 Å². The minimum Gasteiger partial charge on any atom is -0.378 e. The zero-order valence-corrected chi connectivity index (χ0v) is 20.0. The summed E-state index contributed by atoms with van der Waals surface area (Å²) >= 11 is 0. The van der Waals surface area contributed by atoms with E-state index in [0.29, 0.717) is 13.0 Å². The molecule has 2 atom stereocenters. The number of anilines is 1. The second-order valence-corrected chi connectivity index (χ2v) is 9.14. The van der Waals surface area contributed by atoms with Gasteiger partial charge in [0.25, 0.3) is 5.91 Å². The van der Waals surface area contributed by atoms with Crippen LogP contribution in [0.25, 0.3) is 10.9 Å². The van der Waals surface area contributed by atoms with Crippen LogP contribution in [0, 0.1) is 0 Å². The summed E-state index contributed by atoms with van der Waals surface area (Å²) in [5, 5.41) is 6.72. The van der Waals surface area contributed by atoms with E-state index in [-0.39, 0.29) is 24.3 Å². The van der Waals surface area contributed by atoms with Gasteiger partial charge in [-0.15, -0.1) is 0 Å². The van der Waals surface area contributed by atoms with E-state index in [1.165, 1.54) is 0 Å². The summed E-state index contributed by atoms with van der Waals surface area (Å²) in [7, 11) is 3.98. The third-order valence-electron chi connectivity index (χ3n) is 6.67. The normalized spacial score (nSPS) is 18.8. The summed E-state index contributed by atoms with van der Waals surface area (Å²) < 4.78 is 0. The van der Waals surface area contributed by atoms with E-state index in [9.17, 15) is 14.4 Å². The number of benzene rings is 2. The van der Waals surface area contributed by atoms with Crippen LogP contribution < -0.4 is 15.5 Å². The van der Waals surface area contributed by atoms with E-state index in [0.717, 1.165) is 32.6 Å². The van der Waals surface area contributed by atoms with Crippen molar-refractivity contribution in [3.8, 4) is 0 Å². The molecule has 0 bridgehead atoms. The number of urea groups is 1. The van der Waals surface area contributed by atoms with Crippen LogP contribution in [-0.4, -0.2) is 60.5 Å². The summed E-state index contributed by atoms with van der Waals surface area (Å²) in [5.74, 6) is -0.860. The van der Waals surface area contributed by atoms with Crippen molar-refractivity contribution >= 4 is 34.4 Å². The Morgan fingerprint density at radius 2 is 1.82 bits per heavy atom. The zero-order valence-electron chi connectivity index (χ0n) is 20.0. The summed E-state index contributed by atoms with van der Waals surface area (Å²) in [5.41, 5.74) is 3.28. The van der Waals surface area contributed by atoms with Gasteiger partial charge in [0.15, 0.2) is 0 Å². The lowest BCUT2D eigenvalue weighted by Gasteiger charge is -2.21. The number of carbonyl (C=O) groups is 3. The highest BCUT2D eigenvalue weighted by atomic mass is 16.2. The van der Waals surface area contributed by atoms with Crippen molar-refractivity contribution in [3.63, 3.8) is 0 Å². The smallest absolute Gasteiger partial charge is 0.325 e.